The van der Waals surface area contributed by atoms with Crippen molar-refractivity contribution in [3.63, 3.8) is 0 Å². The number of hydrogen-bond donors (Lipinski definition) is 2. The summed E-state index contributed by atoms with van der Waals surface area (Å²) < 4.78 is 5.82. The van der Waals surface area contributed by atoms with Crippen LogP contribution in [-0.4, -0.2) is 6.10 Å². The molecule has 0 spiro atoms. The second kappa shape index (κ2) is 6.24. The molecule has 1 aliphatic carbocycles. The minimum absolute atomic E-state index is 0.191. The highest BCUT2D eigenvalue weighted by Gasteiger charge is 2.24. The number of benzene rings is 2. The molecule has 1 aliphatic rings. The van der Waals surface area contributed by atoms with Gasteiger partial charge >= 0.3 is 0 Å². The highest BCUT2D eigenvalue weighted by atomic mass is 35.5. The molecule has 3 nitrogen and oxygen atoms in total. The van der Waals surface area contributed by atoms with Gasteiger partial charge in [0.1, 0.15) is 5.75 Å². The quantitative estimate of drug-likeness (QED) is 0.644. The Morgan fingerprint density at radius 2 is 1.76 bits per heavy atom. The number of hydrogen-bond acceptors (Lipinski definition) is 3. The van der Waals surface area contributed by atoms with Crippen LogP contribution in [0.4, 0.5) is 0 Å². The van der Waals surface area contributed by atoms with E-state index in [0.29, 0.717) is 16.1 Å². The Bertz CT molecular complexity index is 624. The molecule has 0 radical (unpaired) electrons. The minimum Gasteiger partial charge on any atom is -0.490 e. The summed E-state index contributed by atoms with van der Waals surface area (Å²) >= 11 is 12.1. The van der Waals surface area contributed by atoms with E-state index >= 15 is 0 Å². The summed E-state index contributed by atoms with van der Waals surface area (Å²) in [6, 6.07) is 13.1. The predicted octanol–water partition coefficient (Wildman–Crippen LogP) is 4.09. The third kappa shape index (κ3) is 3.69. The first-order valence-electron chi connectivity index (χ1n) is 6.84. The summed E-state index contributed by atoms with van der Waals surface area (Å²) in [4.78, 5) is 0. The Kier molecular flexibility index (Phi) is 4.36. The van der Waals surface area contributed by atoms with E-state index in [-0.39, 0.29) is 6.04 Å². The van der Waals surface area contributed by atoms with Gasteiger partial charge in [0, 0.05) is 10.0 Å². The van der Waals surface area contributed by atoms with Crippen LogP contribution in [0.1, 0.15) is 30.0 Å². The molecule has 3 N–H and O–H groups in total. The zero-order chi connectivity index (χ0) is 14.8. The normalized spacial score (nSPS) is 15.8. The van der Waals surface area contributed by atoms with E-state index in [1.807, 2.05) is 36.4 Å². The average Bonchev–Trinajstić information content (AvgIpc) is 3.23. The minimum atomic E-state index is -0.191. The first kappa shape index (κ1) is 14.7. The van der Waals surface area contributed by atoms with E-state index in [2.05, 4.69) is 5.43 Å². The fourth-order valence-electron chi connectivity index (χ4n) is 2.27. The third-order valence-corrected chi connectivity index (χ3v) is 3.84. The molecular formula is C16H16Cl2N2O. The monoisotopic (exact) mass is 322 g/mol. The van der Waals surface area contributed by atoms with Crippen molar-refractivity contribution in [3.8, 4) is 5.75 Å². The van der Waals surface area contributed by atoms with Crippen molar-refractivity contribution < 1.29 is 4.74 Å². The number of ether oxygens (including phenoxy) is 1. The van der Waals surface area contributed by atoms with Gasteiger partial charge in [-0.05, 0) is 54.3 Å². The number of nitrogens with one attached hydrogen (secondary N) is 1. The van der Waals surface area contributed by atoms with E-state index in [0.717, 1.165) is 29.7 Å². The first-order chi connectivity index (χ1) is 10.2. The number of nitrogens with two attached hydrogens (primary N) is 1. The molecule has 1 atom stereocenters. The molecule has 5 heteroatoms. The second-order valence-electron chi connectivity index (χ2n) is 5.19. The van der Waals surface area contributed by atoms with Gasteiger partial charge < -0.3 is 4.74 Å². The predicted molar refractivity (Wildman–Crippen MR) is 85.7 cm³/mol. The van der Waals surface area contributed by atoms with Crippen LogP contribution in [0.5, 0.6) is 5.75 Å². The summed E-state index contributed by atoms with van der Waals surface area (Å²) in [5.41, 5.74) is 4.74. The largest absolute Gasteiger partial charge is 0.490 e. The van der Waals surface area contributed by atoms with Gasteiger partial charge in [-0.1, -0.05) is 35.3 Å². The third-order valence-electron chi connectivity index (χ3n) is 3.40. The van der Waals surface area contributed by atoms with Crippen molar-refractivity contribution in [2.24, 2.45) is 5.84 Å². The summed E-state index contributed by atoms with van der Waals surface area (Å²) in [6.07, 6.45) is 2.63. The fraction of sp³-hybridized carbons (Fsp3) is 0.250. The van der Waals surface area contributed by atoms with Crippen molar-refractivity contribution in [2.75, 3.05) is 0 Å². The number of halogens is 2. The van der Waals surface area contributed by atoms with E-state index in [1.165, 1.54) is 0 Å². The summed E-state index contributed by atoms with van der Waals surface area (Å²) in [6.45, 7) is 0. The van der Waals surface area contributed by atoms with Gasteiger partial charge in [0.2, 0.25) is 0 Å². The van der Waals surface area contributed by atoms with Gasteiger partial charge in [0.05, 0.1) is 12.1 Å². The van der Waals surface area contributed by atoms with Gasteiger partial charge in [-0.2, -0.15) is 0 Å². The molecule has 0 aliphatic heterocycles. The van der Waals surface area contributed by atoms with Crippen LogP contribution in [0.2, 0.25) is 10.0 Å². The van der Waals surface area contributed by atoms with Gasteiger partial charge in [0.25, 0.3) is 0 Å². The van der Waals surface area contributed by atoms with Gasteiger partial charge in [0.15, 0.2) is 0 Å². The van der Waals surface area contributed by atoms with Gasteiger partial charge in [-0.25, -0.2) is 5.43 Å². The van der Waals surface area contributed by atoms with Crippen LogP contribution in [0.15, 0.2) is 42.5 Å². The number of hydrazine groups is 1. The molecule has 21 heavy (non-hydrogen) atoms. The topological polar surface area (TPSA) is 47.3 Å². The Morgan fingerprint density at radius 1 is 1.05 bits per heavy atom. The molecule has 110 valence electrons. The van der Waals surface area contributed by atoms with Crippen LogP contribution in [-0.2, 0) is 0 Å². The Labute approximate surface area is 134 Å². The standard InChI is InChI=1S/C16H16Cl2N2O/c17-12-6-11(7-13(18)9-12)16(20-19)10-2-1-3-15(8-10)21-14-4-5-14/h1-3,6-9,14,16,20H,4-5,19H2. The van der Waals surface area contributed by atoms with Crippen molar-refractivity contribution >= 4 is 23.2 Å². The Morgan fingerprint density at radius 3 is 2.38 bits per heavy atom. The molecule has 2 aromatic carbocycles. The molecule has 0 amide bonds. The average molecular weight is 323 g/mol. The molecule has 1 fully saturated rings. The van der Waals surface area contributed by atoms with Crippen LogP contribution >= 0.6 is 23.2 Å². The van der Waals surface area contributed by atoms with Crippen molar-refractivity contribution in [1.29, 1.82) is 0 Å². The summed E-state index contributed by atoms with van der Waals surface area (Å²) in [5, 5.41) is 1.17. The molecule has 0 bridgehead atoms. The fourth-order valence-corrected chi connectivity index (χ4v) is 2.82. The maximum absolute atomic E-state index is 6.07. The maximum atomic E-state index is 6.07. The van der Waals surface area contributed by atoms with Crippen molar-refractivity contribution in [1.82, 2.24) is 5.43 Å². The smallest absolute Gasteiger partial charge is 0.120 e. The van der Waals surface area contributed by atoms with E-state index < -0.39 is 0 Å². The lowest BCUT2D eigenvalue weighted by atomic mass is 9.99. The molecule has 2 aromatic rings. The first-order valence-corrected chi connectivity index (χ1v) is 7.60. The maximum Gasteiger partial charge on any atom is 0.120 e. The lowest BCUT2D eigenvalue weighted by Gasteiger charge is -2.18. The van der Waals surface area contributed by atoms with E-state index in [9.17, 15) is 0 Å². The Hall–Kier alpha value is -1.26. The number of rotatable bonds is 5. The molecule has 0 heterocycles. The molecule has 1 unspecified atom stereocenters. The molecule has 0 aromatic heterocycles. The molecule has 1 saturated carbocycles. The van der Waals surface area contributed by atoms with E-state index in [4.69, 9.17) is 33.8 Å². The van der Waals surface area contributed by atoms with Crippen LogP contribution < -0.4 is 16.0 Å². The molecule has 3 rings (SSSR count). The Balaban J connectivity index is 1.91. The van der Waals surface area contributed by atoms with Crippen LogP contribution in [0.3, 0.4) is 0 Å². The van der Waals surface area contributed by atoms with Gasteiger partial charge in [-0.15, -0.1) is 0 Å². The van der Waals surface area contributed by atoms with Crippen molar-refractivity contribution in [3.05, 3.63) is 63.6 Å². The zero-order valence-electron chi connectivity index (χ0n) is 11.4. The molecule has 0 saturated heterocycles. The van der Waals surface area contributed by atoms with Gasteiger partial charge in [-0.3, -0.25) is 5.84 Å². The summed E-state index contributed by atoms with van der Waals surface area (Å²) in [7, 11) is 0. The summed E-state index contributed by atoms with van der Waals surface area (Å²) in [5.74, 6) is 6.59. The highest BCUT2D eigenvalue weighted by Crippen LogP contribution is 2.31. The lowest BCUT2D eigenvalue weighted by molar-refractivity contribution is 0.302. The van der Waals surface area contributed by atoms with Crippen LogP contribution in [0.25, 0.3) is 0 Å². The zero-order valence-corrected chi connectivity index (χ0v) is 12.9. The SMILES string of the molecule is NNC(c1cc(Cl)cc(Cl)c1)c1cccc(OC2CC2)c1. The van der Waals surface area contributed by atoms with Crippen LogP contribution in [0, 0.1) is 0 Å². The van der Waals surface area contributed by atoms with E-state index in [1.54, 1.807) is 6.07 Å². The van der Waals surface area contributed by atoms with Crippen molar-refractivity contribution in [2.45, 2.75) is 25.0 Å². The highest BCUT2D eigenvalue weighted by molar-refractivity contribution is 6.34. The lowest BCUT2D eigenvalue weighted by Crippen LogP contribution is -2.28. The molecular weight excluding hydrogens is 307 g/mol. The second-order valence-corrected chi connectivity index (χ2v) is 6.07.